The monoisotopic (exact) mass is 382 g/mol. The van der Waals surface area contributed by atoms with Crippen LogP contribution in [-0.2, 0) is 0 Å². The van der Waals surface area contributed by atoms with Crippen molar-refractivity contribution in [2.75, 3.05) is 28.4 Å². The molecule has 0 aliphatic rings. The molecule has 0 atom stereocenters. The molecular formula is C22H23O4P. The molecule has 5 heteroatoms. The zero-order chi connectivity index (χ0) is 19.2. The fraction of sp³-hybridized carbons (Fsp3) is 0.182. The Kier molecular flexibility index (Phi) is 6.20. The lowest BCUT2D eigenvalue weighted by molar-refractivity contribution is 0.399. The number of ether oxygens (including phenoxy) is 4. The van der Waals surface area contributed by atoms with Gasteiger partial charge in [0, 0.05) is 7.92 Å². The Morgan fingerprint density at radius 1 is 0.481 bits per heavy atom. The van der Waals surface area contributed by atoms with E-state index in [0.29, 0.717) is 0 Å². The van der Waals surface area contributed by atoms with Gasteiger partial charge in [0.2, 0.25) is 0 Å². The van der Waals surface area contributed by atoms with Crippen LogP contribution in [0.15, 0.2) is 66.7 Å². The zero-order valence-electron chi connectivity index (χ0n) is 15.9. The Morgan fingerprint density at radius 3 is 1.19 bits per heavy atom. The van der Waals surface area contributed by atoms with Crippen LogP contribution in [0.2, 0.25) is 0 Å². The van der Waals surface area contributed by atoms with E-state index in [0.717, 1.165) is 38.9 Å². The molecule has 0 heterocycles. The van der Waals surface area contributed by atoms with Crippen LogP contribution in [0.1, 0.15) is 0 Å². The quantitative estimate of drug-likeness (QED) is 0.587. The van der Waals surface area contributed by atoms with E-state index >= 15 is 0 Å². The maximum Gasteiger partial charge on any atom is 0.130 e. The van der Waals surface area contributed by atoms with Gasteiger partial charge < -0.3 is 18.9 Å². The SMILES string of the molecule is COc1cccc(OC)c1P(c1ccccc1)c1c(OC)cccc1OC. The first-order valence-electron chi connectivity index (χ1n) is 8.52. The summed E-state index contributed by atoms with van der Waals surface area (Å²) < 4.78 is 22.9. The highest BCUT2D eigenvalue weighted by atomic mass is 31.1. The van der Waals surface area contributed by atoms with Crippen molar-refractivity contribution in [2.24, 2.45) is 0 Å². The largest absolute Gasteiger partial charge is 0.496 e. The van der Waals surface area contributed by atoms with Crippen molar-refractivity contribution in [1.29, 1.82) is 0 Å². The third kappa shape index (κ3) is 3.72. The summed E-state index contributed by atoms with van der Waals surface area (Å²) in [6, 6.07) is 22.0. The van der Waals surface area contributed by atoms with Crippen LogP contribution in [0.25, 0.3) is 0 Å². The van der Waals surface area contributed by atoms with E-state index in [1.165, 1.54) is 0 Å². The lowest BCUT2D eigenvalue weighted by Gasteiger charge is -2.26. The van der Waals surface area contributed by atoms with E-state index in [4.69, 9.17) is 18.9 Å². The molecule has 0 aliphatic heterocycles. The molecule has 3 rings (SSSR count). The lowest BCUT2D eigenvalue weighted by atomic mass is 10.3. The number of methoxy groups -OCH3 is 4. The van der Waals surface area contributed by atoms with Crippen LogP contribution in [-0.4, -0.2) is 28.4 Å². The second-order valence-electron chi connectivity index (χ2n) is 5.69. The molecule has 4 nitrogen and oxygen atoms in total. The second-order valence-corrected chi connectivity index (χ2v) is 7.77. The Morgan fingerprint density at radius 2 is 0.852 bits per heavy atom. The Bertz CT molecular complexity index is 796. The van der Waals surface area contributed by atoms with Gasteiger partial charge in [0.1, 0.15) is 23.0 Å². The van der Waals surface area contributed by atoms with Gasteiger partial charge in [-0.25, -0.2) is 0 Å². The van der Waals surface area contributed by atoms with E-state index in [-0.39, 0.29) is 0 Å². The molecular weight excluding hydrogens is 359 g/mol. The molecule has 0 spiro atoms. The normalized spacial score (nSPS) is 10.6. The van der Waals surface area contributed by atoms with Gasteiger partial charge in [-0.15, -0.1) is 0 Å². The van der Waals surface area contributed by atoms with Crippen molar-refractivity contribution in [3.05, 3.63) is 66.7 Å². The average Bonchev–Trinajstić information content (AvgIpc) is 2.74. The molecule has 0 fully saturated rings. The highest BCUT2D eigenvalue weighted by Gasteiger charge is 2.29. The van der Waals surface area contributed by atoms with Gasteiger partial charge in [-0.3, -0.25) is 0 Å². The van der Waals surface area contributed by atoms with Gasteiger partial charge in [0.05, 0.1) is 39.0 Å². The number of rotatable bonds is 7. The first kappa shape index (κ1) is 19.1. The summed E-state index contributed by atoms with van der Waals surface area (Å²) in [5.41, 5.74) is 0. The minimum Gasteiger partial charge on any atom is -0.496 e. The smallest absolute Gasteiger partial charge is 0.130 e. The van der Waals surface area contributed by atoms with Crippen molar-refractivity contribution in [3.8, 4) is 23.0 Å². The second kappa shape index (κ2) is 8.79. The first-order valence-corrected chi connectivity index (χ1v) is 9.86. The predicted octanol–water partition coefficient (Wildman–Crippen LogP) is 3.48. The van der Waals surface area contributed by atoms with Crippen molar-refractivity contribution in [3.63, 3.8) is 0 Å². The van der Waals surface area contributed by atoms with Gasteiger partial charge in [-0.05, 0) is 29.6 Å². The summed E-state index contributed by atoms with van der Waals surface area (Å²) in [4.78, 5) is 0. The van der Waals surface area contributed by atoms with E-state index < -0.39 is 7.92 Å². The summed E-state index contributed by atoms with van der Waals surface area (Å²) in [7, 11) is 5.65. The molecule has 0 saturated heterocycles. The van der Waals surface area contributed by atoms with Crippen molar-refractivity contribution >= 4 is 23.8 Å². The minimum absolute atomic E-state index is 0.775. The van der Waals surface area contributed by atoms with Gasteiger partial charge in [0.15, 0.2) is 0 Å². The van der Waals surface area contributed by atoms with Gasteiger partial charge in [-0.1, -0.05) is 42.5 Å². The van der Waals surface area contributed by atoms with E-state index in [1.54, 1.807) is 28.4 Å². The summed E-state index contributed by atoms with van der Waals surface area (Å²) in [6.07, 6.45) is 0. The molecule has 140 valence electrons. The maximum absolute atomic E-state index is 5.71. The first-order chi connectivity index (χ1) is 13.2. The molecule has 3 aromatic carbocycles. The predicted molar refractivity (Wildman–Crippen MR) is 111 cm³/mol. The summed E-state index contributed by atoms with van der Waals surface area (Å²) >= 11 is 0. The topological polar surface area (TPSA) is 36.9 Å². The molecule has 0 unspecified atom stereocenters. The van der Waals surface area contributed by atoms with Gasteiger partial charge in [0.25, 0.3) is 0 Å². The fourth-order valence-electron chi connectivity index (χ4n) is 3.05. The highest BCUT2D eigenvalue weighted by Crippen LogP contribution is 2.45. The third-order valence-corrected chi connectivity index (χ3v) is 6.86. The van der Waals surface area contributed by atoms with Crippen LogP contribution in [0, 0.1) is 0 Å². The Balaban J connectivity index is 2.38. The lowest BCUT2D eigenvalue weighted by Crippen LogP contribution is -2.25. The van der Waals surface area contributed by atoms with E-state index in [1.807, 2.05) is 54.6 Å². The van der Waals surface area contributed by atoms with Crippen molar-refractivity contribution < 1.29 is 18.9 Å². The van der Waals surface area contributed by atoms with Crippen LogP contribution in [0.5, 0.6) is 23.0 Å². The van der Waals surface area contributed by atoms with Gasteiger partial charge in [-0.2, -0.15) is 0 Å². The molecule has 0 aliphatic carbocycles. The minimum atomic E-state index is -1.05. The fourth-order valence-corrected chi connectivity index (χ4v) is 5.81. The molecule has 0 saturated carbocycles. The summed E-state index contributed by atoms with van der Waals surface area (Å²) in [6.45, 7) is 0. The standard InChI is InChI=1S/C22H23O4P/c1-23-17-12-8-13-18(24-2)21(17)27(16-10-6-5-7-11-16)22-19(25-3)14-9-15-20(22)26-4/h5-15H,1-4H3. The molecule has 0 amide bonds. The molecule has 27 heavy (non-hydrogen) atoms. The van der Waals surface area contributed by atoms with Crippen LogP contribution < -0.4 is 34.9 Å². The summed E-state index contributed by atoms with van der Waals surface area (Å²) in [5.74, 6) is 3.10. The average molecular weight is 382 g/mol. The molecule has 0 N–H and O–H groups in total. The molecule has 0 radical (unpaired) electrons. The highest BCUT2D eigenvalue weighted by molar-refractivity contribution is 7.80. The van der Waals surface area contributed by atoms with E-state index in [2.05, 4.69) is 12.1 Å². The van der Waals surface area contributed by atoms with Gasteiger partial charge >= 0.3 is 0 Å². The Labute approximate surface area is 161 Å². The third-order valence-electron chi connectivity index (χ3n) is 4.27. The van der Waals surface area contributed by atoms with Crippen LogP contribution in [0.4, 0.5) is 0 Å². The molecule has 3 aromatic rings. The number of hydrogen-bond donors (Lipinski definition) is 0. The summed E-state index contributed by atoms with van der Waals surface area (Å²) in [5, 5.41) is 3.14. The molecule has 0 aromatic heterocycles. The maximum atomic E-state index is 5.71. The molecule has 0 bridgehead atoms. The number of hydrogen-bond acceptors (Lipinski definition) is 4. The van der Waals surface area contributed by atoms with Crippen molar-refractivity contribution in [2.45, 2.75) is 0 Å². The zero-order valence-corrected chi connectivity index (χ0v) is 16.8. The Hall–Kier alpha value is -2.71. The van der Waals surface area contributed by atoms with Crippen LogP contribution in [0.3, 0.4) is 0 Å². The van der Waals surface area contributed by atoms with E-state index in [9.17, 15) is 0 Å². The van der Waals surface area contributed by atoms with Crippen molar-refractivity contribution in [1.82, 2.24) is 0 Å². The number of benzene rings is 3. The van der Waals surface area contributed by atoms with Crippen LogP contribution >= 0.6 is 7.92 Å².